The van der Waals surface area contributed by atoms with Crippen molar-refractivity contribution in [3.8, 4) is 5.88 Å². The molecule has 0 spiro atoms. The zero-order chi connectivity index (χ0) is 14.0. The third kappa shape index (κ3) is 2.86. The summed E-state index contributed by atoms with van der Waals surface area (Å²) >= 11 is 0. The van der Waals surface area contributed by atoms with Gasteiger partial charge in [-0.2, -0.15) is 0 Å². The molecule has 1 aromatic heterocycles. The lowest BCUT2D eigenvalue weighted by atomic mass is 9.83. The van der Waals surface area contributed by atoms with Crippen LogP contribution in [0.1, 0.15) is 37.9 Å². The van der Waals surface area contributed by atoms with E-state index in [4.69, 9.17) is 10.5 Å². The van der Waals surface area contributed by atoms with E-state index in [0.29, 0.717) is 12.4 Å². The van der Waals surface area contributed by atoms with Gasteiger partial charge in [0, 0.05) is 14.0 Å². The highest BCUT2D eigenvalue weighted by Gasteiger charge is 2.31. The lowest BCUT2D eigenvalue weighted by Crippen LogP contribution is -2.47. The molecule has 2 N–H and O–H groups in total. The molecule has 7 nitrogen and oxygen atoms in total. The van der Waals surface area contributed by atoms with E-state index >= 15 is 0 Å². The Morgan fingerprint density at radius 2 is 2.11 bits per heavy atom. The van der Waals surface area contributed by atoms with Gasteiger partial charge in [-0.15, -0.1) is 0 Å². The van der Waals surface area contributed by atoms with Crippen molar-refractivity contribution in [1.29, 1.82) is 0 Å². The van der Waals surface area contributed by atoms with Gasteiger partial charge >= 0.3 is 5.82 Å². The first-order chi connectivity index (χ1) is 8.93. The number of rotatable bonds is 4. The first-order valence-electron chi connectivity index (χ1n) is 6.52. The minimum absolute atomic E-state index is 0.192. The molecule has 1 aliphatic rings. The quantitative estimate of drug-likeness (QED) is 0.662. The Kier molecular flexibility index (Phi) is 3.75. The Morgan fingerprint density at radius 1 is 1.47 bits per heavy atom. The molecule has 1 heterocycles. The van der Waals surface area contributed by atoms with Crippen molar-refractivity contribution in [1.82, 2.24) is 9.55 Å². The van der Waals surface area contributed by atoms with E-state index in [2.05, 4.69) is 4.98 Å². The molecule has 2 rings (SSSR count). The van der Waals surface area contributed by atoms with Gasteiger partial charge < -0.3 is 20.6 Å². The van der Waals surface area contributed by atoms with E-state index in [0.717, 1.165) is 25.7 Å². The van der Waals surface area contributed by atoms with Crippen molar-refractivity contribution in [2.24, 2.45) is 12.8 Å². The highest BCUT2D eigenvalue weighted by Crippen LogP contribution is 2.30. The van der Waals surface area contributed by atoms with E-state index in [1.807, 2.05) is 0 Å². The van der Waals surface area contributed by atoms with Crippen LogP contribution >= 0.6 is 0 Å². The summed E-state index contributed by atoms with van der Waals surface area (Å²) in [5.74, 6) is 0.508. The first-order valence-corrected chi connectivity index (χ1v) is 6.52. The summed E-state index contributed by atoms with van der Waals surface area (Å²) in [7, 11) is 1.70. The topological polar surface area (TPSA) is 96.2 Å². The van der Waals surface area contributed by atoms with Crippen LogP contribution in [-0.2, 0) is 7.05 Å². The van der Waals surface area contributed by atoms with Crippen molar-refractivity contribution in [2.45, 2.75) is 44.6 Å². The predicted octanol–water partition coefficient (Wildman–Crippen LogP) is 1.68. The first kappa shape index (κ1) is 13.8. The Bertz CT molecular complexity index is 478. The zero-order valence-corrected chi connectivity index (χ0v) is 11.4. The average Bonchev–Trinajstić information content (AvgIpc) is 2.65. The smallest absolute Gasteiger partial charge is 0.426 e. The molecule has 0 aromatic carbocycles. The number of hydrogen-bond acceptors (Lipinski definition) is 5. The number of ether oxygens (including phenoxy) is 1. The van der Waals surface area contributed by atoms with Crippen LogP contribution < -0.4 is 10.5 Å². The molecule has 0 bridgehead atoms. The van der Waals surface area contributed by atoms with Gasteiger partial charge in [-0.3, -0.25) is 4.57 Å². The van der Waals surface area contributed by atoms with Gasteiger partial charge in [-0.1, -0.05) is 19.3 Å². The van der Waals surface area contributed by atoms with E-state index in [1.165, 1.54) is 6.42 Å². The second-order valence-corrected chi connectivity index (χ2v) is 5.32. The molecule has 7 heteroatoms. The average molecular weight is 268 g/mol. The predicted molar refractivity (Wildman–Crippen MR) is 70.1 cm³/mol. The normalized spacial score (nSPS) is 18.3. The molecule has 1 saturated carbocycles. The lowest BCUT2D eigenvalue weighted by Gasteiger charge is -2.32. The van der Waals surface area contributed by atoms with Gasteiger partial charge in [0.15, 0.2) is 0 Å². The fourth-order valence-corrected chi connectivity index (χ4v) is 2.47. The molecular formula is C12H20N4O3. The molecule has 0 unspecified atom stereocenters. The number of imidazole rings is 1. The molecule has 1 fully saturated rings. The molecular weight excluding hydrogens is 248 g/mol. The van der Waals surface area contributed by atoms with Crippen LogP contribution in [0.15, 0.2) is 0 Å². The molecule has 0 amide bonds. The zero-order valence-electron chi connectivity index (χ0n) is 11.4. The van der Waals surface area contributed by atoms with Gasteiger partial charge in [0.25, 0.3) is 5.88 Å². The standard InChI is InChI=1S/C12H20N4O3/c1-9-14-10(16(17)18)11(15(9)2)19-8-12(13)6-4-3-5-7-12/h3-8,13H2,1-2H3. The van der Waals surface area contributed by atoms with Crippen LogP contribution in [0, 0.1) is 17.0 Å². The van der Waals surface area contributed by atoms with Crippen molar-refractivity contribution in [2.75, 3.05) is 6.61 Å². The molecule has 106 valence electrons. The molecule has 1 aromatic rings. The molecule has 0 radical (unpaired) electrons. The van der Waals surface area contributed by atoms with Crippen LogP contribution in [0.4, 0.5) is 5.82 Å². The minimum Gasteiger partial charge on any atom is -0.471 e. The number of nitrogens with two attached hydrogens (primary N) is 1. The number of hydrogen-bond donors (Lipinski definition) is 1. The highest BCUT2D eigenvalue weighted by atomic mass is 16.6. The molecule has 0 atom stereocenters. The monoisotopic (exact) mass is 268 g/mol. The van der Waals surface area contributed by atoms with Crippen LogP contribution in [0.25, 0.3) is 0 Å². The summed E-state index contributed by atoms with van der Waals surface area (Å²) in [4.78, 5) is 14.3. The number of aryl methyl sites for hydroxylation is 1. The van der Waals surface area contributed by atoms with Gasteiger partial charge in [-0.25, -0.2) is 0 Å². The second kappa shape index (κ2) is 5.16. The van der Waals surface area contributed by atoms with Crippen molar-refractivity contribution in [3.63, 3.8) is 0 Å². The van der Waals surface area contributed by atoms with Crippen molar-refractivity contribution in [3.05, 3.63) is 15.9 Å². The molecule has 1 aliphatic carbocycles. The summed E-state index contributed by atoms with van der Waals surface area (Å²) < 4.78 is 7.21. The Balaban J connectivity index is 2.12. The maximum absolute atomic E-state index is 10.9. The number of nitrogens with zero attached hydrogens (tertiary/aromatic N) is 3. The van der Waals surface area contributed by atoms with E-state index in [-0.39, 0.29) is 17.2 Å². The molecule has 0 saturated heterocycles. The summed E-state index contributed by atoms with van der Waals surface area (Å²) in [5.41, 5.74) is 5.89. The lowest BCUT2D eigenvalue weighted by molar-refractivity contribution is -0.390. The van der Waals surface area contributed by atoms with Gasteiger partial charge in [-0.05, 0) is 22.7 Å². The largest absolute Gasteiger partial charge is 0.471 e. The third-order valence-electron chi connectivity index (χ3n) is 3.77. The third-order valence-corrected chi connectivity index (χ3v) is 3.77. The SMILES string of the molecule is Cc1nc([N+](=O)[O-])c(OCC2(N)CCCCC2)n1C. The van der Waals surface area contributed by atoms with Crippen LogP contribution in [-0.4, -0.2) is 26.6 Å². The second-order valence-electron chi connectivity index (χ2n) is 5.32. The highest BCUT2D eigenvalue weighted by molar-refractivity contribution is 5.36. The Morgan fingerprint density at radius 3 is 2.68 bits per heavy atom. The van der Waals surface area contributed by atoms with Crippen LogP contribution in [0.5, 0.6) is 5.88 Å². The minimum atomic E-state index is -0.521. The maximum atomic E-state index is 10.9. The van der Waals surface area contributed by atoms with E-state index in [1.54, 1.807) is 18.5 Å². The fraction of sp³-hybridized carbons (Fsp3) is 0.750. The van der Waals surface area contributed by atoms with Gasteiger partial charge in [0.2, 0.25) is 5.82 Å². The Labute approximate surface area is 111 Å². The van der Waals surface area contributed by atoms with Gasteiger partial charge in [0.05, 0.1) is 5.54 Å². The van der Waals surface area contributed by atoms with Crippen LogP contribution in [0.3, 0.4) is 0 Å². The summed E-state index contributed by atoms with van der Waals surface area (Å²) in [6.45, 7) is 2.01. The van der Waals surface area contributed by atoms with Gasteiger partial charge in [0.1, 0.15) is 6.61 Å². The number of nitro groups is 1. The van der Waals surface area contributed by atoms with Crippen LogP contribution in [0.2, 0.25) is 0 Å². The summed E-state index contributed by atoms with van der Waals surface area (Å²) in [6.07, 6.45) is 5.18. The van der Waals surface area contributed by atoms with Crippen molar-refractivity contribution >= 4 is 5.82 Å². The summed E-state index contributed by atoms with van der Waals surface area (Å²) in [6, 6.07) is 0. The molecule has 19 heavy (non-hydrogen) atoms. The summed E-state index contributed by atoms with van der Waals surface area (Å²) in [5, 5.41) is 10.9. The number of aromatic nitrogens is 2. The van der Waals surface area contributed by atoms with E-state index in [9.17, 15) is 10.1 Å². The maximum Gasteiger partial charge on any atom is 0.426 e. The Hall–Kier alpha value is -1.63. The van der Waals surface area contributed by atoms with E-state index < -0.39 is 4.92 Å². The fourth-order valence-electron chi connectivity index (χ4n) is 2.47. The molecule has 0 aliphatic heterocycles. The van der Waals surface area contributed by atoms with Crippen molar-refractivity contribution < 1.29 is 9.66 Å².